The van der Waals surface area contributed by atoms with Crippen molar-refractivity contribution in [1.82, 2.24) is 0 Å². The molecule has 0 saturated heterocycles. The van der Waals surface area contributed by atoms with Crippen LogP contribution in [0.4, 0.5) is 0 Å². The van der Waals surface area contributed by atoms with E-state index in [0.717, 1.165) is 17.8 Å². The topological polar surface area (TPSA) is 0 Å². The second-order valence-corrected chi connectivity index (χ2v) is 3.24. The fraction of sp³-hybridized carbons (Fsp3) is 0.750. The highest BCUT2D eigenvalue weighted by Gasteiger charge is 2.33. The zero-order valence-electron chi connectivity index (χ0n) is 5.30. The third-order valence-electron chi connectivity index (χ3n) is 2.64. The number of rotatable bonds is 0. The quantitative estimate of drug-likeness (QED) is 0.417. The number of fused-ring (bicyclic) bond motifs is 1. The predicted molar refractivity (Wildman–Crippen MR) is 34.5 cm³/mol. The second kappa shape index (κ2) is 1.37. The van der Waals surface area contributed by atoms with E-state index in [1.165, 1.54) is 12.8 Å². The lowest BCUT2D eigenvalue weighted by molar-refractivity contribution is 0.172. The molecule has 0 aliphatic heterocycles. The van der Waals surface area contributed by atoms with E-state index in [1.54, 1.807) is 0 Å². The molecule has 0 aromatic carbocycles. The monoisotopic (exact) mass is 108 g/mol. The van der Waals surface area contributed by atoms with Crippen molar-refractivity contribution in [2.75, 3.05) is 0 Å². The van der Waals surface area contributed by atoms with E-state index >= 15 is 0 Å². The van der Waals surface area contributed by atoms with Crippen molar-refractivity contribution < 1.29 is 0 Å². The van der Waals surface area contributed by atoms with Crippen LogP contribution in [0.1, 0.15) is 19.8 Å². The van der Waals surface area contributed by atoms with Gasteiger partial charge in [0.25, 0.3) is 0 Å². The SMILES string of the molecule is CC1C=CC2CC1C2. The van der Waals surface area contributed by atoms with Gasteiger partial charge < -0.3 is 0 Å². The van der Waals surface area contributed by atoms with Gasteiger partial charge in [-0.2, -0.15) is 0 Å². The van der Waals surface area contributed by atoms with Gasteiger partial charge >= 0.3 is 0 Å². The van der Waals surface area contributed by atoms with Gasteiger partial charge in [-0.15, -0.1) is 0 Å². The zero-order chi connectivity index (χ0) is 5.56. The molecule has 1 fully saturated rings. The number of allylic oxidation sites excluding steroid dienone is 2. The molecule has 0 aromatic rings. The van der Waals surface area contributed by atoms with Gasteiger partial charge in [0.15, 0.2) is 0 Å². The number of hydrogen-bond acceptors (Lipinski definition) is 0. The van der Waals surface area contributed by atoms with Crippen molar-refractivity contribution in [3.63, 3.8) is 0 Å². The van der Waals surface area contributed by atoms with Crippen molar-refractivity contribution in [1.29, 1.82) is 0 Å². The Bertz CT molecular complexity index is 118. The summed E-state index contributed by atoms with van der Waals surface area (Å²) in [6, 6.07) is 0. The maximum Gasteiger partial charge on any atom is -0.0228 e. The molecule has 0 nitrogen and oxygen atoms in total. The summed E-state index contributed by atoms with van der Waals surface area (Å²) in [5.41, 5.74) is 0. The van der Waals surface area contributed by atoms with Crippen LogP contribution in [0.25, 0.3) is 0 Å². The van der Waals surface area contributed by atoms with Crippen LogP contribution in [0.15, 0.2) is 12.2 Å². The molecule has 2 bridgehead atoms. The maximum atomic E-state index is 2.39. The first kappa shape index (κ1) is 4.60. The highest BCUT2D eigenvalue weighted by Crippen LogP contribution is 2.44. The minimum atomic E-state index is 0.889. The summed E-state index contributed by atoms with van der Waals surface area (Å²) in [5, 5.41) is 0. The molecule has 0 amide bonds. The van der Waals surface area contributed by atoms with Crippen LogP contribution in [-0.2, 0) is 0 Å². The van der Waals surface area contributed by atoms with E-state index in [1.807, 2.05) is 0 Å². The Morgan fingerprint density at radius 1 is 1.25 bits per heavy atom. The van der Waals surface area contributed by atoms with Crippen molar-refractivity contribution in [3.8, 4) is 0 Å². The molecule has 3 rings (SSSR count). The summed E-state index contributed by atoms with van der Waals surface area (Å²) >= 11 is 0. The maximum absolute atomic E-state index is 2.39. The van der Waals surface area contributed by atoms with Gasteiger partial charge in [0.1, 0.15) is 0 Å². The fourth-order valence-electron chi connectivity index (χ4n) is 1.78. The van der Waals surface area contributed by atoms with Crippen LogP contribution in [0.2, 0.25) is 0 Å². The van der Waals surface area contributed by atoms with Gasteiger partial charge in [-0.1, -0.05) is 19.1 Å². The lowest BCUT2D eigenvalue weighted by Crippen LogP contribution is -2.30. The molecular formula is C8H12. The highest BCUT2D eigenvalue weighted by molar-refractivity contribution is 5.07. The van der Waals surface area contributed by atoms with Gasteiger partial charge in [0, 0.05) is 0 Å². The van der Waals surface area contributed by atoms with Crippen LogP contribution in [0.5, 0.6) is 0 Å². The first-order valence-electron chi connectivity index (χ1n) is 3.54. The largest absolute Gasteiger partial charge is 0.0851 e. The van der Waals surface area contributed by atoms with Crippen molar-refractivity contribution in [2.24, 2.45) is 17.8 Å². The average Bonchev–Trinajstić information content (AvgIpc) is 1.62. The Kier molecular flexibility index (Phi) is 0.787. The predicted octanol–water partition coefficient (Wildman–Crippen LogP) is 2.22. The van der Waals surface area contributed by atoms with E-state index in [0.29, 0.717) is 0 Å². The normalized spacial score (nSPS) is 50.9. The molecule has 44 valence electrons. The van der Waals surface area contributed by atoms with Crippen LogP contribution >= 0.6 is 0 Å². The summed E-state index contributed by atoms with van der Waals surface area (Å²) in [6.45, 7) is 2.33. The van der Waals surface area contributed by atoms with Crippen LogP contribution in [0.3, 0.4) is 0 Å². The third-order valence-corrected chi connectivity index (χ3v) is 2.64. The van der Waals surface area contributed by atoms with Crippen molar-refractivity contribution >= 4 is 0 Å². The first-order valence-corrected chi connectivity index (χ1v) is 3.54. The molecule has 1 atom stereocenters. The van der Waals surface area contributed by atoms with Gasteiger partial charge in [-0.3, -0.25) is 0 Å². The Morgan fingerprint density at radius 3 is 2.25 bits per heavy atom. The molecule has 0 aromatic heterocycles. The zero-order valence-corrected chi connectivity index (χ0v) is 5.30. The van der Waals surface area contributed by atoms with E-state index in [9.17, 15) is 0 Å². The first-order chi connectivity index (χ1) is 3.86. The summed E-state index contributed by atoms with van der Waals surface area (Å²) in [6.07, 6.45) is 7.74. The Balaban J connectivity index is 2.19. The summed E-state index contributed by atoms with van der Waals surface area (Å²) < 4.78 is 0. The van der Waals surface area contributed by atoms with Crippen molar-refractivity contribution in [3.05, 3.63) is 12.2 Å². The molecule has 0 heterocycles. The molecule has 0 N–H and O–H groups in total. The van der Waals surface area contributed by atoms with E-state index in [4.69, 9.17) is 0 Å². The molecule has 1 saturated carbocycles. The van der Waals surface area contributed by atoms with E-state index in [2.05, 4.69) is 19.1 Å². The molecule has 1 unspecified atom stereocenters. The Morgan fingerprint density at radius 2 is 2.00 bits per heavy atom. The molecule has 0 heteroatoms. The average molecular weight is 108 g/mol. The van der Waals surface area contributed by atoms with E-state index < -0.39 is 0 Å². The second-order valence-electron chi connectivity index (χ2n) is 3.24. The van der Waals surface area contributed by atoms with Crippen LogP contribution in [-0.4, -0.2) is 0 Å². The molecule has 3 aliphatic rings. The standard InChI is InChI=1S/C8H12/c1-6-2-3-7-4-8(6)5-7/h2-3,6-8H,4-5H2,1H3. The van der Waals surface area contributed by atoms with Gasteiger partial charge in [-0.05, 0) is 30.6 Å². The molecule has 0 spiro atoms. The molecular weight excluding hydrogens is 96.1 g/mol. The van der Waals surface area contributed by atoms with Gasteiger partial charge in [0.05, 0.1) is 0 Å². The summed E-state index contributed by atoms with van der Waals surface area (Å²) in [4.78, 5) is 0. The highest BCUT2D eigenvalue weighted by atomic mass is 14.4. The smallest absolute Gasteiger partial charge is 0.0228 e. The van der Waals surface area contributed by atoms with Crippen LogP contribution < -0.4 is 0 Å². The number of hydrogen-bond donors (Lipinski definition) is 0. The lowest BCUT2D eigenvalue weighted by atomic mass is 9.65. The summed E-state index contributed by atoms with van der Waals surface area (Å²) in [7, 11) is 0. The molecule has 8 heavy (non-hydrogen) atoms. The van der Waals surface area contributed by atoms with Crippen LogP contribution in [0, 0.1) is 17.8 Å². The van der Waals surface area contributed by atoms with Gasteiger partial charge in [0.2, 0.25) is 0 Å². The molecule has 0 radical (unpaired) electrons. The van der Waals surface area contributed by atoms with Crippen molar-refractivity contribution in [2.45, 2.75) is 19.8 Å². The third kappa shape index (κ3) is 0.460. The minimum Gasteiger partial charge on any atom is -0.0851 e. The summed E-state index contributed by atoms with van der Waals surface area (Å²) in [5.74, 6) is 2.93. The lowest BCUT2D eigenvalue weighted by Gasteiger charge is -2.40. The van der Waals surface area contributed by atoms with Gasteiger partial charge in [-0.25, -0.2) is 0 Å². The van der Waals surface area contributed by atoms with E-state index in [-0.39, 0.29) is 0 Å². The molecule has 3 aliphatic carbocycles. The Hall–Kier alpha value is -0.260. The fourth-order valence-corrected chi connectivity index (χ4v) is 1.78. The Labute approximate surface area is 50.6 Å². The minimum absolute atomic E-state index is 0.889.